The number of halogens is 4. The van der Waals surface area contributed by atoms with Crippen molar-refractivity contribution in [2.75, 3.05) is 0 Å². The van der Waals surface area contributed by atoms with Crippen LogP contribution in [0.4, 0.5) is 13.2 Å². The second-order valence-electron chi connectivity index (χ2n) is 4.71. The van der Waals surface area contributed by atoms with Gasteiger partial charge in [-0.2, -0.15) is 13.2 Å². The average Bonchev–Trinajstić information content (AvgIpc) is 2.90. The first-order valence-corrected chi connectivity index (χ1v) is 8.19. The zero-order valence-corrected chi connectivity index (χ0v) is 13.6. The van der Waals surface area contributed by atoms with E-state index < -0.39 is 37.6 Å². The lowest BCUT2D eigenvalue weighted by atomic mass is 10.2. The van der Waals surface area contributed by atoms with Crippen LogP contribution in [0.2, 0.25) is 5.02 Å². The van der Waals surface area contributed by atoms with Gasteiger partial charge < -0.3 is 4.57 Å². The Morgan fingerprint density at radius 1 is 1.25 bits per heavy atom. The predicted octanol–water partition coefficient (Wildman–Crippen LogP) is 2.32. The van der Waals surface area contributed by atoms with Crippen LogP contribution < -0.4 is 10.3 Å². The van der Waals surface area contributed by atoms with E-state index in [-0.39, 0.29) is 5.69 Å². The molecule has 2 N–H and O–H groups in total. The molecular formula is C13H11ClF3N3O3S. The molecule has 24 heavy (non-hydrogen) atoms. The van der Waals surface area contributed by atoms with E-state index in [4.69, 9.17) is 11.6 Å². The van der Waals surface area contributed by atoms with Gasteiger partial charge >= 0.3 is 6.18 Å². The fraction of sp³-hybridized carbons (Fsp3) is 0.154. The highest BCUT2D eigenvalue weighted by atomic mass is 35.5. The first kappa shape index (κ1) is 18.3. The second kappa shape index (κ2) is 6.46. The minimum absolute atomic E-state index is 0.146. The van der Waals surface area contributed by atoms with Crippen LogP contribution in [0.5, 0.6) is 0 Å². The third-order valence-corrected chi connectivity index (χ3v) is 4.75. The Morgan fingerprint density at radius 2 is 1.92 bits per heavy atom. The number of hydrazine groups is 1. The van der Waals surface area contributed by atoms with Gasteiger partial charge in [0, 0.05) is 13.2 Å². The topological polar surface area (TPSA) is 80.2 Å². The summed E-state index contributed by atoms with van der Waals surface area (Å²) in [6, 6.07) is 4.86. The molecule has 130 valence electrons. The number of hydrogen-bond acceptors (Lipinski definition) is 3. The molecule has 0 aliphatic carbocycles. The van der Waals surface area contributed by atoms with Crippen molar-refractivity contribution in [2.45, 2.75) is 11.1 Å². The van der Waals surface area contributed by atoms with Gasteiger partial charge in [0.25, 0.3) is 15.9 Å². The predicted molar refractivity (Wildman–Crippen MR) is 79.7 cm³/mol. The molecule has 0 fully saturated rings. The number of carbonyl (C=O) groups is 1. The number of benzene rings is 1. The molecule has 0 bridgehead atoms. The molecule has 0 aliphatic rings. The molecule has 0 atom stereocenters. The number of hydrogen-bond donors (Lipinski definition) is 2. The van der Waals surface area contributed by atoms with E-state index in [0.717, 1.165) is 6.07 Å². The van der Waals surface area contributed by atoms with Gasteiger partial charge in [-0.3, -0.25) is 10.2 Å². The summed E-state index contributed by atoms with van der Waals surface area (Å²) in [5.41, 5.74) is 0.879. The Labute approximate surface area is 140 Å². The number of nitrogens with zero attached hydrogens (tertiary/aromatic N) is 1. The van der Waals surface area contributed by atoms with Crippen molar-refractivity contribution in [3.63, 3.8) is 0 Å². The number of amides is 1. The minimum atomic E-state index is -4.73. The maximum atomic E-state index is 12.7. The van der Waals surface area contributed by atoms with Crippen LogP contribution in [0.3, 0.4) is 0 Å². The lowest BCUT2D eigenvalue weighted by Gasteiger charge is -2.12. The van der Waals surface area contributed by atoms with Crippen molar-refractivity contribution in [1.82, 2.24) is 14.8 Å². The van der Waals surface area contributed by atoms with Gasteiger partial charge in [-0.1, -0.05) is 11.6 Å². The molecule has 0 radical (unpaired) electrons. The summed E-state index contributed by atoms with van der Waals surface area (Å²) in [6.07, 6.45) is -3.17. The highest BCUT2D eigenvalue weighted by Crippen LogP contribution is 2.33. The number of sulfonamides is 1. The van der Waals surface area contributed by atoms with Crippen LogP contribution in [0, 0.1) is 0 Å². The number of aryl methyl sites for hydroxylation is 1. The molecule has 0 saturated heterocycles. The summed E-state index contributed by atoms with van der Waals surface area (Å²) < 4.78 is 63.7. The summed E-state index contributed by atoms with van der Waals surface area (Å²) >= 11 is 5.67. The summed E-state index contributed by atoms with van der Waals surface area (Å²) in [4.78, 5) is 12.8. The quantitative estimate of drug-likeness (QED) is 0.798. The van der Waals surface area contributed by atoms with E-state index in [0.29, 0.717) is 12.1 Å². The first-order valence-electron chi connectivity index (χ1n) is 6.32. The molecule has 2 aromatic rings. The van der Waals surface area contributed by atoms with E-state index in [2.05, 4.69) is 0 Å². The Morgan fingerprint density at radius 3 is 2.46 bits per heavy atom. The van der Waals surface area contributed by atoms with E-state index in [9.17, 15) is 26.4 Å². The molecule has 6 nitrogen and oxygen atoms in total. The number of carbonyl (C=O) groups excluding carboxylic acids is 1. The third kappa shape index (κ3) is 3.89. The van der Waals surface area contributed by atoms with Crippen molar-refractivity contribution >= 4 is 27.5 Å². The van der Waals surface area contributed by atoms with Crippen LogP contribution >= 0.6 is 11.6 Å². The Balaban J connectivity index is 2.25. The molecule has 1 aromatic heterocycles. The van der Waals surface area contributed by atoms with E-state index in [1.54, 1.807) is 24.1 Å². The monoisotopic (exact) mass is 381 g/mol. The van der Waals surface area contributed by atoms with Crippen LogP contribution in [0.15, 0.2) is 41.4 Å². The van der Waals surface area contributed by atoms with Crippen LogP contribution in [0.25, 0.3) is 0 Å². The number of rotatable bonds is 4. The Bertz CT molecular complexity index is 878. The summed E-state index contributed by atoms with van der Waals surface area (Å²) in [7, 11) is -2.93. The van der Waals surface area contributed by atoms with Crippen LogP contribution in [0.1, 0.15) is 16.1 Å². The second-order valence-corrected chi connectivity index (χ2v) is 6.76. The van der Waals surface area contributed by atoms with Crippen molar-refractivity contribution in [1.29, 1.82) is 0 Å². The van der Waals surface area contributed by atoms with Crippen molar-refractivity contribution in [3.8, 4) is 0 Å². The maximum absolute atomic E-state index is 12.7. The highest BCUT2D eigenvalue weighted by molar-refractivity contribution is 7.89. The zero-order chi connectivity index (χ0) is 18.1. The molecule has 1 aromatic carbocycles. The number of aromatic nitrogens is 1. The zero-order valence-electron chi connectivity index (χ0n) is 12.1. The molecule has 2 rings (SSSR count). The lowest BCUT2D eigenvalue weighted by Crippen LogP contribution is -2.42. The molecule has 0 spiro atoms. The smallest absolute Gasteiger partial charge is 0.347 e. The lowest BCUT2D eigenvalue weighted by molar-refractivity contribution is -0.137. The van der Waals surface area contributed by atoms with Gasteiger partial charge in [-0.25, -0.2) is 8.42 Å². The van der Waals surface area contributed by atoms with E-state index >= 15 is 0 Å². The minimum Gasteiger partial charge on any atom is -0.347 e. The van der Waals surface area contributed by atoms with Crippen molar-refractivity contribution < 1.29 is 26.4 Å². The number of nitrogens with one attached hydrogen (secondary N) is 2. The maximum Gasteiger partial charge on any atom is 0.416 e. The van der Waals surface area contributed by atoms with E-state index in [1.165, 1.54) is 10.6 Å². The van der Waals surface area contributed by atoms with Gasteiger partial charge in [0.2, 0.25) is 0 Å². The summed E-state index contributed by atoms with van der Waals surface area (Å²) in [5.74, 6) is -0.783. The van der Waals surface area contributed by atoms with E-state index in [1.807, 2.05) is 5.43 Å². The van der Waals surface area contributed by atoms with Crippen LogP contribution in [-0.4, -0.2) is 18.9 Å². The normalized spacial score (nSPS) is 12.2. The van der Waals surface area contributed by atoms with Crippen LogP contribution in [-0.2, 0) is 23.2 Å². The highest BCUT2D eigenvalue weighted by Gasteiger charge is 2.32. The third-order valence-electron chi connectivity index (χ3n) is 3.02. The fourth-order valence-electron chi connectivity index (χ4n) is 1.82. The van der Waals surface area contributed by atoms with Gasteiger partial charge in [0.15, 0.2) is 0 Å². The fourth-order valence-corrected chi connectivity index (χ4v) is 3.18. The molecule has 11 heteroatoms. The standard InChI is InChI=1S/C13H11ClF3N3O3S/c1-20-6-2-3-10(20)12(21)18-19-24(22,23)11-7-8(13(15,16)17)4-5-9(11)14/h2-7,19H,1H3,(H,18,21). The largest absolute Gasteiger partial charge is 0.416 e. The molecule has 0 saturated carbocycles. The molecule has 1 amide bonds. The SMILES string of the molecule is Cn1cccc1C(=O)NNS(=O)(=O)c1cc(C(F)(F)F)ccc1Cl. The van der Waals surface area contributed by atoms with Crippen molar-refractivity contribution in [3.05, 3.63) is 52.8 Å². The van der Waals surface area contributed by atoms with Gasteiger partial charge in [0.05, 0.1) is 10.6 Å². The summed E-state index contributed by atoms with van der Waals surface area (Å²) in [6.45, 7) is 0. The Kier molecular flexibility index (Phi) is 4.92. The Hall–Kier alpha value is -2.04. The van der Waals surface area contributed by atoms with Crippen molar-refractivity contribution in [2.24, 2.45) is 7.05 Å². The van der Waals surface area contributed by atoms with Gasteiger partial charge in [-0.05, 0) is 30.3 Å². The molecule has 0 unspecified atom stereocenters. The molecule has 0 aliphatic heterocycles. The van der Waals surface area contributed by atoms with Gasteiger partial charge in [-0.15, -0.1) is 4.83 Å². The first-order chi connectivity index (χ1) is 11.0. The summed E-state index contributed by atoms with van der Waals surface area (Å²) in [5, 5.41) is -0.413. The number of alkyl halides is 3. The average molecular weight is 382 g/mol. The molecule has 1 heterocycles. The van der Waals surface area contributed by atoms with Gasteiger partial charge in [0.1, 0.15) is 10.6 Å². The molecular weight excluding hydrogens is 371 g/mol.